The molecule has 1 unspecified atom stereocenters. The molecule has 134 valence electrons. The van der Waals surface area contributed by atoms with Gasteiger partial charge in [-0.2, -0.15) is 0 Å². The Labute approximate surface area is 144 Å². The zero-order chi connectivity index (χ0) is 16.4. The number of nitrogens with zero attached hydrogens (tertiary/aromatic N) is 1. The highest BCUT2D eigenvalue weighted by Crippen LogP contribution is 2.42. The van der Waals surface area contributed by atoms with Crippen LogP contribution in [0.1, 0.15) is 47.0 Å². The van der Waals surface area contributed by atoms with Gasteiger partial charge in [-0.15, -0.1) is 12.4 Å². The van der Waals surface area contributed by atoms with Crippen LogP contribution in [0.25, 0.3) is 0 Å². The monoisotopic (exact) mass is 348 g/mol. The molecule has 0 radical (unpaired) electrons. The number of hydrogen-bond acceptors (Lipinski definition) is 5. The van der Waals surface area contributed by atoms with Gasteiger partial charge in [0, 0.05) is 6.54 Å². The van der Waals surface area contributed by atoms with Crippen molar-refractivity contribution in [2.24, 2.45) is 5.41 Å². The second kappa shape index (κ2) is 7.71. The average molecular weight is 349 g/mol. The molecular formula is C16H29ClN2O4. The van der Waals surface area contributed by atoms with Crippen LogP contribution in [-0.4, -0.2) is 54.8 Å². The number of carbonyl (C=O) groups excluding carboxylic acids is 2. The van der Waals surface area contributed by atoms with Gasteiger partial charge in [-0.05, 0) is 65.5 Å². The van der Waals surface area contributed by atoms with E-state index >= 15 is 0 Å². The van der Waals surface area contributed by atoms with Crippen LogP contribution in [0.3, 0.4) is 0 Å². The maximum Gasteiger partial charge on any atom is 0.411 e. The van der Waals surface area contributed by atoms with Crippen molar-refractivity contribution in [1.82, 2.24) is 10.2 Å². The Morgan fingerprint density at radius 1 is 1.26 bits per heavy atom. The lowest BCUT2D eigenvalue weighted by molar-refractivity contribution is -0.148. The van der Waals surface area contributed by atoms with Crippen molar-refractivity contribution in [3.05, 3.63) is 0 Å². The first kappa shape index (κ1) is 20.0. The summed E-state index contributed by atoms with van der Waals surface area (Å²) in [5, 5.41) is 3.34. The van der Waals surface area contributed by atoms with Crippen molar-refractivity contribution >= 4 is 24.5 Å². The number of esters is 1. The molecule has 0 bridgehead atoms. The minimum atomic E-state index is -0.569. The Morgan fingerprint density at radius 2 is 1.87 bits per heavy atom. The van der Waals surface area contributed by atoms with E-state index in [-0.39, 0.29) is 23.8 Å². The van der Waals surface area contributed by atoms with Gasteiger partial charge in [-0.3, -0.25) is 4.90 Å². The van der Waals surface area contributed by atoms with E-state index in [1.165, 1.54) is 0 Å². The molecule has 2 aliphatic rings. The number of likely N-dealkylation sites (tertiary alicyclic amines) is 1. The molecule has 2 saturated heterocycles. The summed E-state index contributed by atoms with van der Waals surface area (Å²) in [5.74, 6) is -0.316. The number of halogens is 1. The van der Waals surface area contributed by atoms with E-state index in [1.54, 1.807) is 11.8 Å². The van der Waals surface area contributed by atoms with Crippen LogP contribution in [-0.2, 0) is 14.3 Å². The largest absolute Gasteiger partial charge is 0.464 e. The molecule has 0 aromatic heterocycles. The summed E-state index contributed by atoms with van der Waals surface area (Å²) in [7, 11) is 0. The second-order valence-electron chi connectivity index (χ2n) is 7.33. The molecule has 23 heavy (non-hydrogen) atoms. The molecule has 0 aliphatic carbocycles. The smallest absolute Gasteiger partial charge is 0.411 e. The molecule has 2 heterocycles. The number of hydrogen-bond donors (Lipinski definition) is 1. The molecule has 7 heteroatoms. The third kappa shape index (κ3) is 4.98. The molecule has 1 spiro atoms. The molecular weight excluding hydrogens is 320 g/mol. The van der Waals surface area contributed by atoms with Gasteiger partial charge in [0.2, 0.25) is 0 Å². The van der Waals surface area contributed by atoms with Crippen molar-refractivity contribution in [2.75, 3.05) is 26.2 Å². The second-order valence-corrected chi connectivity index (χ2v) is 7.33. The summed E-state index contributed by atoms with van der Waals surface area (Å²) in [6, 6.07) is -0.520. The standard InChI is InChI=1S/C16H28N2O4.ClH/c1-5-21-13(19)12-10-16(6-8-17-9-7-16)11-18(12)14(20)22-15(2,3)4;/h12,17H,5-11H2,1-4H3;1H. The van der Waals surface area contributed by atoms with Crippen LogP contribution in [0.4, 0.5) is 4.79 Å². The molecule has 0 aromatic rings. The molecule has 0 aromatic carbocycles. The van der Waals surface area contributed by atoms with E-state index in [2.05, 4.69) is 5.32 Å². The molecule has 1 N–H and O–H groups in total. The normalized spacial score (nSPS) is 23.3. The van der Waals surface area contributed by atoms with Crippen LogP contribution in [0.15, 0.2) is 0 Å². The van der Waals surface area contributed by atoms with E-state index < -0.39 is 17.7 Å². The van der Waals surface area contributed by atoms with Gasteiger partial charge in [-0.1, -0.05) is 0 Å². The fourth-order valence-electron chi connectivity index (χ4n) is 3.34. The number of ether oxygens (including phenoxy) is 2. The van der Waals surface area contributed by atoms with Gasteiger partial charge in [0.25, 0.3) is 0 Å². The van der Waals surface area contributed by atoms with E-state index in [4.69, 9.17) is 9.47 Å². The lowest BCUT2D eigenvalue weighted by atomic mass is 9.77. The summed E-state index contributed by atoms with van der Waals surface area (Å²) in [6.45, 7) is 10.0. The number of amides is 1. The SMILES string of the molecule is CCOC(=O)C1CC2(CCNCC2)CN1C(=O)OC(C)(C)C.Cl. The predicted molar refractivity (Wildman–Crippen MR) is 89.8 cm³/mol. The van der Waals surface area contributed by atoms with Gasteiger partial charge in [0.15, 0.2) is 0 Å². The Hall–Kier alpha value is -1.01. The number of piperidine rings is 1. The van der Waals surface area contributed by atoms with Crippen molar-refractivity contribution in [3.8, 4) is 0 Å². The van der Waals surface area contributed by atoms with Gasteiger partial charge in [0.1, 0.15) is 11.6 Å². The highest BCUT2D eigenvalue weighted by atomic mass is 35.5. The van der Waals surface area contributed by atoms with Crippen LogP contribution < -0.4 is 5.32 Å². The van der Waals surface area contributed by atoms with Gasteiger partial charge >= 0.3 is 12.1 Å². The van der Waals surface area contributed by atoms with Crippen molar-refractivity contribution in [3.63, 3.8) is 0 Å². The Morgan fingerprint density at radius 3 is 2.39 bits per heavy atom. The number of rotatable bonds is 2. The lowest BCUT2D eigenvalue weighted by Gasteiger charge is -2.33. The molecule has 1 amide bonds. The fraction of sp³-hybridized carbons (Fsp3) is 0.875. The van der Waals surface area contributed by atoms with E-state index in [0.29, 0.717) is 19.6 Å². The minimum absolute atomic E-state index is 0. The Kier molecular flexibility index (Phi) is 6.71. The minimum Gasteiger partial charge on any atom is -0.464 e. The average Bonchev–Trinajstić information content (AvgIpc) is 2.78. The van der Waals surface area contributed by atoms with Gasteiger partial charge < -0.3 is 14.8 Å². The van der Waals surface area contributed by atoms with Gasteiger partial charge in [0.05, 0.1) is 6.61 Å². The van der Waals surface area contributed by atoms with Crippen molar-refractivity contribution in [1.29, 1.82) is 0 Å². The molecule has 0 saturated carbocycles. The third-order valence-electron chi connectivity index (χ3n) is 4.36. The van der Waals surface area contributed by atoms with Crippen LogP contribution in [0, 0.1) is 5.41 Å². The highest BCUT2D eigenvalue weighted by Gasteiger charge is 2.50. The first-order chi connectivity index (χ1) is 10.3. The maximum absolute atomic E-state index is 12.5. The van der Waals surface area contributed by atoms with Crippen molar-refractivity contribution in [2.45, 2.75) is 58.6 Å². The molecule has 2 fully saturated rings. The van der Waals surface area contributed by atoms with Crippen LogP contribution >= 0.6 is 12.4 Å². The summed E-state index contributed by atoms with van der Waals surface area (Å²) in [4.78, 5) is 26.3. The summed E-state index contributed by atoms with van der Waals surface area (Å²) in [5.41, 5.74) is -0.556. The molecule has 1 atom stereocenters. The predicted octanol–water partition coefficient (Wildman–Crippen LogP) is 2.35. The zero-order valence-electron chi connectivity index (χ0n) is 14.5. The molecule has 2 aliphatic heterocycles. The van der Waals surface area contributed by atoms with Crippen LogP contribution in [0.5, 0.6) is 0 Å². The molecule has 2 rings (SSSR count). The van der Waals surface area contributed by atoms with Crippen molar-refractivity contribution < 1.29 is 19.1 Å². The maximum atomic E-state index is 12.5. The zero-order valence-corrected chi connectivity index (χ0v) is 15.3. The first-order valence-corrected chi connectivity index (χ1v) is 8.13. The first-order valence-electron chi connectivity index (χ1n) is 8.13. The number of carbonyl (C=O) groups is 2. The lowest BCUT2D eigenvalue weighted by Crippen LogP contribution is -2.44. The fourth-order valence-corrected chi connectivity index (χ4v) is 3.34. The van der Waals surface area contributed by atoms with Crippen LogP contribution in [0.2, 0.25) is 0 Å². The van der Waals surface area contributed by atoms with E-state index in [9.17, 15) is 9.59 Å². The quantitative estimate of drug-likeness (QED) is 0.776. The Balaban J connectivity index is 0.00000264. The summed E-state index contributed by atoms with van der Waals surface area (Å²) < 4.78 is 10.6. The summed E-state index contributed by atoms with van der Waals surface area (Å²) in [6.07, 6.45) is 2.21. The highest BCUT2D eigenvalue weighted by molar-refractivity contribution is 5.85. The molecule has 6 nitrogen and oxygen atoms in total. The summed E-state index contributed by atoms with van der Waals surface area (Å²) >= 11 is 0. The van der Waals surface area contributed by atoms with Gasteiger partial charge in [-0.25, -0.2) is 9.59 Å². The topological polar surface area (TPSA) is 67.9 Å². The Bertz CT molecular complexity index is 430. The number of nitrogens with one attached hydrogen (secondary N) is 1. The third-order valence-corrected chi connectivity index (χ3v) is 4.36. The van der Waals surface area contributed by atoms with E-state index in [0.717, 1.165) is 25.9 Å². The van der Waals surface area contributed by atoms with E-state index in [1.807, 2.05) is 20.8 Å².